The molecule has 0 unspecified atom stereocenters. The number of fused-ring (bicyclic) bond motifs is 1. The van der Waals surface area contributed by atoms with Crippen LogP contribution in [0.15, 0.2) is 61.1 Å². The number of amides is 2. The van der Waals surface area contributed by atoms with Gasteiger partial charge in [0.2, 0.25) is 0 Å². The number of H-pyrrole nitrogens is 1. The molecule has 5 rings (SSSR count). The molecule has 1 atom stereocenters. The topological polar surface area (TPSA) is 129 Å². The maximum Gasteiger partial charge on any atom is 0.295 e. The number of Topliss-reactive ketones (excluding diaryl/α,β-unsaturated/α-hetero) is 1. The van der Waals surface area contributed by atoms with Gasteiger partial charge in [-0.15, -0.1) is 0 Å². The molecule has 3 aromatic heterocycles. The van der Waals surface area contributed by atoms with E-state index in [2.05, 4.69) is 15.0 Å². The number of benzene rings is 1. The van der Waals surface area contributed by atoms with Crippen LogP contribution in [0, 0.1) is 0 Å². The molecule has 10 heteroatoms. The lowest BCUT2D eigenvalue weighted by molar-refractivity contribution is -0.130. The van der Waals surface area contributed by atoms with E-state index in [9.17, 15) is 19.5 Å². The largest absolute Gasteiger partial charge is 0.506 e. The van der Waals surface area contributed by atoms with Crippen molar-refractivity contribution < 1.29 is 24.2 Å². The number of rotatable bonds is 5. The molecule has 0 bridgehead atoms. The number of hydrogen-bond donors (Lipinski definition) is 2. The number of aromatic amines is 1. The third-order valence-electron chi connectivity index (χ3n) is 6.52. The molecule has 1 aliphatic rings. The molecule has 1 aliphatic heterocycles. The Kier molecular flexibility index (Phi) is 6.31. The number of nitrogens with zero attached hydrogens (tertiary/aromatic N) is 4. The second-order valence-electron chi connectivity index (χ2n) is 8.82. The maximum atomic E-state index is 13.4. The fourth-order valence-corrected chi connectivity index (χ4v) is 4.63. The van der Waals surface area contributed by atoms with Crippen LogP contribution in [0.1, 0.15) is 27.6 Å². The number of piperazine rings is 1. The molecule has 2 N–H and O–H groups in total. The van der Waals surface area contributed by atoms with Crippen molar-refractivity contribution >= 4 is 28.5 Å². The Morgan fingerprint density at radius 1 is 1.05 bits per heavy atom. The number of hydrogen-bond acceptors (Lipinski definition) is 7. The first-order valence-electron chi connectivity index (χ1n) is 11.8. The molecule has 2 amide bonds. The SMILES string of the molecule is COc1cnc(-c2ccc(O)cn2)c2[nH]cc(C(=O)C(=O)N3CCN(C(=O)c4ccccc4)C[C@H]3C)c12. The molecule has 0 spiro atoms. The molecule has 1 fully saturated rings. The van der Waals surface area contributed by atoms with Crippen LogP contribution in [0.3, 0.4) is 0 Å². The van der Waals surface area contributed by atoms with Crippen LogP contribution in [0.25, 0.3) is 22.3 Å². The smallest absolute Gasteiger partial charge is 0.295 e. The van der Waals surface area contributed by atoms with Crippen LogP contribution in [-0.2, 0) is 4.79 Å². The van der Waals surface area contributed by atoms with E-state index in [0.29, 0.717) is 46.7 Å². The van der Waals surface area contributed by atoms with Gasteiger partial charge in [0.15, 0.2) is 0 Å². The van der Waals surface area contributed by atoms with Gasteiger partial charge in [0.05, 0.1) is 41.7 Å². The predicted molar refractivity (Wildman–Crippen MR) is 135 cm³/mol. The Balaban J connectivity index is 1.40. The van der Waals surface area contributed by atoms with E-state index < -0.39 is 11.7 Å². The van der Waals surface area contributed by atoms with Crippen molar-refractivity contribution in [2.24, 2.45) is 0 Å². The van der Waals surface area contributed by atoms with Crippen molar-refractivity contribution in [1.29, 1.82) is 0 Å². The Morgan fingerprint density at radius 2 is 1.84 bits per heavy atom. The van der Waals surface area contributed by atoms with Crippen molar-refractivity contribution in [1.82, 2.24) is 24.8 Å². The lowest BCUT2D eigenvalue weighted by Gasteiger charge is -2.39. The minimum absolute atomic E-state index is 0.0149. The third kappa shape index (κ3) is 4.37. The van der Waals surface area contributed by atoms with Gasteiger partial charge in [-0.1, -0.05) is 18.2 Å². The zero-order chi connectivity index (χ0) is 26.1. The molecule has 10 nitrogen and oxygen atoms in total. The Morgan fingerprint density at radius 3 is 2.51 bits per heavy atom. The number of carbonyl (C=O) groups excluding carboxylic acids is 3. The average Bonchev–Trinajstić information content (AvgIpc) is 3.38. The first kappa shape index (κ1) is 24.0. The molecule has 0 aliphatic carbocycles. The van der Waals surface area contributed by atoms with E-state index in [1.807, 2.05) is 25.1 Å². The monoisotopic (exact) mass is 499 g/mol. The highest BCUT2D eigenvalue weighted by atomic mass is 16.5. The lowest BCUT2D eigenvalue weighted by Crippen LogP contribution is -2.56. The van der Waals surface area contributed by atoms with Crippen molar-refractivity contribution in [3.05, 3.63) is 72.2 Å². The Bertz CT molecular complexity index is 1480. The average molecular weight is 500 g/mol. The van der Waals surface area contributed by atoms with Crippen molar-refractivity contribution in [3.8, 4) is 22.9 Å². The molecular weight excluding hydrogens is 474 g/mol. The summed E-state index contributed by atoms with van der Waals surface area (Å²) in [6.45, 7) is 2.72. The molecule has 1 aromatic carbocycles. The van der Waals surface area contributed by atoms with Gasteiger partial charge in [-0.3, -0.25) is 19.4 Å². The minimum Gasteiger partial charge on any atom is -0.506 e. The summed E-state index contributed by atoms with van der Waals surface area (Å²) in [4.78, 5) is 54.5. The van der Waals surface area contributed by atoms with Crippen molar-refractivity contribution in [3.63, 3.8) is 0 Å². The lowest BCUT2D eigenvalue weighted by atomic mass is 10.0. The van der Waals surface area contributed by atoms with Gasteiger partial charge in [-0.05, 0) is 31.2 Å². The van der Waals surface area contributed by atoms with E-state index in [1.165, 1.54) is 36.7 Å². The predicted octanol–water partition coefficient (Wildman–Crippen LogP) is 2.89. The van der Waals surface area contributed by atoms with Crippen LogP contribution in [-0.4, -0.2) is 80.2 Å². The molecule has 37 heavy (non-hydrogen) atoms. The van der Waals surface area contributed by atoms with E-state index in [0.717, 1.165) is 0 Å². The summed E-state index contributed by atoms with van der Waals surface area (Å²) in [6.07, 6.45) is 4.24. The molecule has 4 aromatic rings. The summed E-state index contributed by atoms with van der Waals surface area (Å²) >= 11 is 0. The van der Waals surface area contributed by atoms with Crippen molar-refractivity contribution in [2.45, 2.75) is 13.0 Å². The zero-order valence-electron chi connectivity index (χ0n) is 20.3. The van der Waals surface area contributed by atoms with Gasteiger partial charge >= 0.3 is 0 Å². The molecule has 0 saturated carbocycles. The summed E-state index contributed by atoms with van der Waals surface area (Å²) in [5, 5.41) is 9.99. The molecule has 1 saturated heterocycles. The van der Waals surface area contributed by atoms with Crippen LogP contribution in [0.2, 0.25) is 0 Å². The fourth-order valence-electron chi connectivity index (χ4n) is 4.63. The first-order chi connectivity index (χ1) is 17.9. The van der Waals surface area contributed by atoms with Gasteiger partial charge in [-0.25, -0.2) is 4.98 Å². The number of carbonyl (C=O) groups is 3. The number of pyridine rings is 2. The van der Waals surface area contributed by atoms with Crippen LogP contribution >= 0.6 is 0 Å². The highest BCUT2D eigenvalue weighted by molar-refractivity contribution is 6.45. The van der Waals surface area contributed by atoms with Gasteiger partial charge in [0, 0.05) is 37.4 Å². The normalized spacial score (nSPS) is 15.6. The zero-order valence-corrected chi connectivity index (χ0v) is 20.3. The summed E-state index contributed by atoms with van der Waals surface area (Å²) in [6, 6.07) is 11.7. The van der Waals surface area contributed by atoms with Gasteiger partial charge in [0.25, 0.3) is 17.6 Å². The van der Waals surface area contributed by atoms with Crippen LogP contribution < -0.4 is 4.74 Å². The number of ketones is 1. The number of nitrogens with one attached hydrogen (secondary N) is 1. The van der Waals surface area contributed by atoms with Crippen LogP contribution in [0.5, 0.6) is 11.5 Å². The van der Waals surface area contributed by atoms with Gasteiger partial charge < -0.3 is 24.6 Å². The Labute approximate surface area is 212 Å². The van der Waals surface area contributed by atoms with E-state index in [-0.39, 0.29) is 29.8 Å². The van der Waals surface area contributed by atoms with E-state index in [4.69, 9.17) is 4.74 Å². The highest BCUT2D eigenvalue weighted by Crippen LogP contribution is 2.34. The number of ether oxygens (including phenoxy) is 1. The fraction of sp³-hybridized carbons (Fsp3) is 0.222. The molecular formula is C27H25N5O5. The second kappa shape index (κ2) is 9.73. The standard InChI is InChI=1S/C27H25N5O5/c1-16-15-31(26(35)17-6-4-3-5-7-17)10-11-32(16)27(36)25(34)19-13-29-24-22(19)21(37-2)14-30-23(24)20-9-8-18(33)12-28-20/h3-9,12-14,16,29,33H,10-11,15H2,1-2H3/t16-/m1/s1. The van der Waals surface area contributed by atoms with Gasteiger partial charge in [0.1, 0.15) is 17.2 Å². The third-order valence-corrected chi connectivity index (χ3v) is 6.52. The maximum absolute atomic E-state index is 13.4. The summed E-state index contributed by atoms with van der Waals surface area (Å²) in [5.41, 5.74) is 2.16. The highest BCUT2D eigenvalue weighted by Gasteiger charge is 2.35. The molecule has 4 heterocycles. The summed E-state index contributed by atoms with van der Waals surface area (Å²) in [5.74, 6) is -1.09. The van der Waals surface area contributed by atoms with E-state index in [1.54, 1.807) is 23.1 Å². The van der Waals surface area contributed by atoms with Crippen LogP contribution in [0.4, 0.5) is 0 Å². The molecule has 188 valence electrons. The molecule has 0 radical (unpaired) electrons. The van der Waals surface area contributed by atoms with E-state index >= 15 is 0 Å². The number of methoxy groups -OCH3 is 1. The van der Waals surface area contributed by atoms with Crippen molar-refractivity contribution in [2.75, 3.05) is 26.7 Å². The summed E-state index contributed by atoms with van der Waals surface area (Å²) < 4.78 is 5.45. The first-order valence-corrected chi connectivity index (χ1v) is 11.8. The number of aromatic nitrogens is 3. The quantitative estimate of drug-likeness (QED) is 0.319. The number of aromatic hydroxyl groups is 1. The Hall–Kier alpha value is -4.73. The summed E-state index contributed by atoms with van der Waals surface area (Å²) in [7, 11) is 1.46. The minimum atomic E-state index is -0.685. The second-order valence-corrected chi connectivity index (χ2v) is 8.82. The van der Waals surface area contributed by atoms with Gasteiger partial charge in [-0.2, -0.15) is 0 Å².